The van der Waals surface area contributed by atoms with Gasteiger partial charge in [-0.2, -0.15) is 0 Å². The average Bonchev–Trinajstić information content (AvgIpc) is 2.91. The second kappa shape index (κ2) is 14.5. The van der Waals surface area contributed by atoms with Gasteiger partial charge in [0.1, 0.15) is 0 Å². The summed E-state index contributed by atoms with van der Waals surface area (Å²) in [7, 11) is -1.57. The lowest BCUT2D eigenvalue weighted by Gasteiger charge is -2.38. The van der Waals surface area contributed by atoms with Gasteiger partial charge in [0.15, 0.2) is 0 Å². The highest BCUT2D eigenvalue weighted by atomic mass is 28.3. The molecule has 0 heterocycles. The lowest BCUT2D eigenvalue weighted by atomic mass is 9.68. The van der Waals surface area contributed by atoms with Crippen LogP contribution in [0.2, 0.25) is 19.1 Å². The van der Waals surface area contributed by atoms with Crippen molar-refractivity contribution < 1.29 is 14.6 Å². The van der Waals surface area contributed by atoms with E-state index in [0.29, 0.717) is 6.61 Å². The van der Waals surface area contributed by atoms with Crippen LogP contribution in [0.4, 0.5) is 0 Å². The molecule has 2 fully saturated rings. The Balaban J connectivity index is 1.40. The Hall–Kier alpha value is -1.39. The Kier molecular flexibility index (Phi) is 11.8. The molecule has 36 heavy (non-hydrogen) atoms. The van der Waals surface area contributed by atoms with Crippen molar-refractivity contribution in [2.75, 3.05) is 13.2 Å². The molecule has 1 aromatic carbocycles. The fourth-order valence-electron chi connectivity index (χ4n) is 6.75. The first-order chi connectivity index (χ1) is 17.3. The maximum absolute atomic E-state index is 11.7. The van der Waals surface area contributed by atoms with Gasteiger partial charge in [0, 0.05) is 0 Å². The standard InChI is InChI=1S/C32H52O3Si/c1-5-6-7-9-26-10-12-27(13-11-26)28-14-16-29(17-15-28)30-18-20-31(21-19-30)36(3,4)23-8-22-35-32(34)25(2)24-33/h18-21,26-29,33H,2,5-17,22-24H2,1,3-4H3. The second-order valence-electron chi connectivity index (χ2n) is 12.4. The molecule has 202 valence electrons. The molecule has 0 amide bonds. The van der Waals surface area contributed by atoms with Gasteiger partial charge in [0.25, 0.3) is 0 Å². The molecule has 0 aromatic heterocycles. The monoisotopic (exact) mass is 512 g/mol. The zero-order valence-corrected chi connectivity index (χ0v) is 24.4. The Labute approximate surface area is 222 Å². The summed E-state index contributed by atoms with van der Waals surface area (Å²) in [5, 5.41) is 10.5. The molecule has 2 saturated carbocycles. The Bertz CT molecular complexity index is 799. The third kappa shape index (κ3) is 8.58. The summed E-state index contributed by atoms with van der Waals surface area (Å²) in [5.41, 5.74) is 1.67. The number of carbonyl (C=O) groups excluding carboxylic acids is 1. The first-order valence-corrected chi connectivity index (χ1v) is 18.1. The van der Waals surface area contributed by atoms with E-state index in [1.165, 1.54) is 87.8 Å². The molecule has 0 unspecified atom stereocenters. The average molecular weight is 513 g/mol. The van der Waals surface area contributed by atoms with E-state index in [-0.39, 0.29) is 12.2 Å². The number of esters is 1. The number of hydrogen-bond acceptors (Lipinski definition) is 3. The van der Waals surface area contributed by atoms with Gasteiger partial charge < -0.3 is 9.84 Å². The summed E-state index contributed by atoms with van der Waals surface area (Å²) in [6, 6.07) is 10.7. The molecule has 0 saturated heterocycles. The fraction of sp³-hybridized carbons (Fsp3) is 0.719. The molecule has 1 aromatic rings. The van der Waals surface area contributed by atoms with Crippen molar-refractivity contribution in [2.24, 2.45) is 17.8 Å². The van der Waals surface area contributed by atoms with Gasteiger partial charge in [0.05, 0.1) is 26.9 Å². The van der Waals surface area contributed by atoms with Crippen LogP contribution in [0, 0.1) is 17.8 Å². The summed E-state index contributed by atoms with van der Waals surface area (Å²) in [5.74, 6) is 3.27. The van der Waals surface area contributed by atoms with Crippen LogP contribution in [0.3, 0.4) is 0 Å². The van der Waals surface area contributed by atoms with Crippen molar-refractivity contribution in [3.05, 3.63) is 42.0 Å². The largest absolute Gasteiger partial charge is 0.462 e. The van der Waals surface area contributed by atoms with Gasteiger partial charge in [-0.05, 0) is 74.2 Å². The molecule has 0 aliphatic heterocycles. The molecule has 3 rings (SSSR count). The summed E-state index contributed by atoms with van der Waals surface area (Å²) < 4.78 is 5.23. The zero-order valence-electron chi connectivity index (χ0n) is 23.4. The SMILES string of the molecule is C=C(CO)C(=O)OCCC[Si](C)(C)c1ccc(C2CCC(C3CCC(CCCCC)CC3)CC2)cc1. The van der Waals surface area contributed by atoms with Gasteiger partial charge in [-0.25, -0.2) is 4.79 Å². The Morgan fingerprint density at radius 3 is 2.14 bits per heavy atom. The topological polar surface area (TPSA) is 46.5 Å². The van der Waals surface area contributed by atoms with Crippen molar-refractivity contribution in [3.8, 4) is 0 Å². The molecule has 0 bridgehead atoms. The number of benzene rings is 1. The summed E-state index contributed by atoms with van der Waals surface area (Å²) >= 11 is 0. The zero-order chi connectivity index (χ0) is 26.0. The highest BCUT2D eigenvalue weighted by Gasteiger charge is 2.31. The number of ether oxygens (including phenoxy) is 1. The van der Waals surface area contributed by atoms with Crippen molar-refractivity contribution in [1.82, 2.24) is 0 Å². The first-order valence-electron chi connectivity index (χ1n) is 14.9. The van der Waals surface area contributed by atoms with E-state index < -0.39 is 14.0 Å². The van der Waals surface area contributed by atoms with Crippen LogP contribution in [0.15, 0.2) is 36.4 Å². The molecule has 1 N–H and O–H groups in total. The predicted molar refractivity (Wildman–Crippen MR) is 154 cm³/mol. The lowest BCUT2D eigenvalue weighted by Crippen LogP contribution is -2.41. The molecule has 0 atom stereocenters. The van der Waals surface area contributed by atoms with Crippen LogP contribution < -0.4 is 5.19 Å². The summed E-state index contributed by atoms with van der Waals surface area (Å²) in [6.07, 6.45) is 18.1. The normalized spacial score (nSPS) is 24.9. The maximum atomic E-state index is 11.7. The van der Waals surface area contributed by atoms with Crippen molar-refractivity contribution in [1.29, 1.82) is 0 Å². The van der Waals surface area contributed by atoms with Crippen molar-refractivity contribution in [3.63, 3.8) is 0 Å². The Morgan fingerprint density at radius 1 is 0.944 bits per heavy atom. The number of rotatable bonds is 13. The van der Waals surface area contributed by atoms with Crippen LogP contribution in [0.5, 0.6) is 0 Å². The van der Waals surface area contributed by atoms with Crippen molar-refractivity contribution in [2.45, 2.75) is 115 Å². The van der Waals surface area contributed by atoms with Gasteiger partial charge in [0.2, 0.25) is 0 Å². The van der Waals surface area contributed by atoms with E-state index in [4.69, 9.17) is 9.84 Å². The van der Waals surface area contributed by atoms with Gasteiger partial charge in [-0.15, -0.1) is 0 Å². The molecule has 0 radical (unpaired) electrons. The van der Waals surface area contributed by atoms with E-state index in [1.54, 1.807) is 0 Å². The summed E-state index contributed by atoms with van der Waals surface area (Å²) in [4.78, 5) is 11.7. The third-order valence-corrected chi connectivity index (χ3v) is 12.9. The summed E-state index contributed by atoms with van der Waals surface area (Å²) in [6.45, 7) is 10.7. The highest BCUT2D eigenvalue weighted by Crippen LogP contribution is 2.44. The van der Waals surface area contributed by atoms with Crippen LogP contribution in [0.1, 0.15) is 102 Å². The highest BCUT2D eigenvalue weighted by molar-refractivity contribution is 6.89. The van der Waals surface area contributed by atoms with Gasteiger partial charge in [-0.3, -0.25) is 0 Å². The number of hydrogen-bond donors (Lipinski definition) is 1. The van der Waals surface area contributed by atoms with Gasteiger partial charge >= 0.3 is 5.97 Å². The van der Waals surface area contributed by atoms with E-state index in [2.05, 4.69) is 50.9 Å². The van der Waals surface area contributed by atoms with E-state index >= 15 is 0 Å². The predicted octanol–water partition coefficient (Wildman–Crippen LogP) is 7.74. The van der Waals surface area contributed by atoms with E-state index in [0.717, 1.165) is 36.1 Å². The molecule has 0 spiro atoms. The quantitative estimate of drug-likeness (QED) is 0.127. The minimum Gasteiger partial charge on any atom is -0.462 e. The minimum absolute atomic E-state index is 0.126. The lowest BCUT2D eigenvalue weighted by molar-refractivity contribution is -0.139. The molecule has 2 aliphatic carbocycles. The molecule has 2 aliphatic rings. The van der Waals surface area contributed by atoms with E-state index in [9.17, 15) is 4.79 Å². The molecular formula is C32H52O3Si. The molecular weight excluding hydrogens is 460 g/mol. The molecule has 3 nitrogen and oxygen atoms in total. The number of aliphatic hydroxyl groups is 1. The van der Waals surface area contributed by atoms with Crippen LogP contribution in [-0.2, 0) is 9.53 Å². The molecule has 4 heteroatoms. The van der Waals surface area contributed by atoms with Crippen LogP contribution in [-0.4, -0.2) is 32.4 Å². The van der Waals surface area contributed by atoms with Crippen LogP contribution >= 0.6 is 0 Å². The fourth-order valence-corrected chi connectivity index (χ4v) is 9.14. The number of unbranched alkanes of at least 4 members (excludes halogenated alkanes) is 2. The maximum Gasteiger partial charge on any atom is 0.335 e. The number of carbonyl (C=O) groups is 1. The first kappa shape index (κ1) is 29.2. The van der Waals surface area contributed by atoms with E-state index in [1.807, 2.05) is 0 Å². The second-order valence-corrected chi connectivity index (χ2v) is 17.2. The van der Waals surface area contributed by atoms with Crippen molar-refractivity contribution >= 4 is 19.2 Å². The van der Waals surface area contributed by atoms with Crippen LogP contribution in [0.25, 0.3) is 0 Å². The number of aliphatic hydroxyl groups excluding tert-OH is 1. The minimum atomic E-state index is -1.57. The third-order valence-electron chi connectivity index (χ3n) is 9.37. The smallest absolute Gasteiger partial charge is 0.335 e. The Morgan fingerprint density at radius 2 is 1.56 bits per heavy atom. The van der Waals surface area contributed by atoms with Gasteiger partial charge in [-0.1, -0.05) is 101 Å².